The van der Waals surface area contributed by atoms with Crippen molar-refractivity contribution in [3.8, 4) is 0 Å². The SMILES string of the molecule is CCC(NCC1(C)CCN(C)CC1)c1ccc(F)cn1. The molecule has 0 aromatic carbocycles. The summed E-state index contributed by atoms with van der Waals surface area (Å²) in [5.41, 5.74) is 1.30. The van der Waals surface area contributed by atoms with Gasteiger partial charge in [-0.25, -0.2) is 4.39 Å². The lowest BCUT2D eigenvalue weighted by Gasteiger charge is -2.39. The molecule has 0 spiro atoms. The van der Waals surface area contributed by atoms with Crippen LogP contribution in [0.1, 0.15) is 44.8 Å². The maximum atomic E-state index is 12.9. The lowest BCUT2D eigenvalue weighted by atomic mass is 9.80. The van der Waals surface area contributed by atoms with E-state index in [0.717, 1.165) is 18.7 Å². The van der Waals surface area contributed by atoms with Gasteiger partial charge in [-0.15, -0.1) is 0 Å². The lowest BCUT2D eigenvalue weighted by molar-refractivity contribution is 0.133. The van der Waals surface area contributed by atoms with Crippen molar-refractivity contribution in [1.29, 1.82) is 0 Å². The third kappa shape index (κ3) is 4.00. The number of piperidine rings is 1. The van der Waals surface area contributed by atoms with Gasteiger partial charge in [-0.05, 0) is 56.9 Å². The van der Waals surface area contributed by atoms with E-state index in [9.17, 15) is 4.39 Å². The van der Waals surface area contributed by atoms with Crippen molar-refractivity contribution in [1.82, 2.24) is 15.2 Å². The van der Waals surface area contributed by atoms with Gasteiger partial charge in [-0.3, -0.25) is 4.98 Å². The Kier molecular flexibility index (Phi) is 5.11. The topological polar surface area (TPSA) is 28.2 Å². The molecule has 2 rings (SSSR count). The fraction of sp³-hybridized carbons (Fsp3) is 0.688. The molecule has 112 valence electrons. The molecule has 0 amide bonds. The summed E-state index contributed by atoms with van der Waals surface area (Å²) >= 11 is 0. The first-order valence-electron chi connectivity index (χ1n) is 7.56. The molecule has 1 aliphatic rings. The summed E-state index contributed by atoms with van der Waals surface area (Å²) < 4.78 is 12.9. The molecule has 3 nitrogen and oxygen atoms in total. The highest BCUT2D eigenvalue weighted by molar-refractivity contribution is 5.09. The van der Waals surface area contributed by atoms with Gasteiger partial charge >= 0.3 is 0 Å². The zero-order chi connectivity index (χ0) is 14.6. The highest BCUT2D eigenvalue weighted by Gasteiger charge is 2.29. The minimum atomic E-state index is -0.272. The molecule has 0 aliphatic carbocycles. The number of hydrogen-bond donors (Lipinski definition) is 1. The third-order valence-electron chi connectivity index (χ3n) is 4.48. The third-order valence-corrected chi connectivity index (χ3v) is 4.48. The molecule has 1 fully saturated rings. The van der Waals surface area contributed by atoms with Crippen LogP contribution in [0.25, 0.3) is 0 Å². The number of rotatable bonds is 5. The van der Waals surface area contributed by atoms with Gasteiger partial charge in [0.2, 0.25) is 0 Å². The standard InChI is InChI=1S/C16H26FN3/c1-4-14(15-6-5-13(17)11-18-15)19-12-16(2)7-9-20(3)10-8-16/h5-6,11,14,19H,4,7-10,12H2,1-3H3. The second-order valence-corrected chi connectivity index (χ2v) is 6.36. The number of nitrogens with one attached hydrogen (secondary N) is 1. The Balaban J connectivity index is 1.92. The molecule has 1 atom stereocenters. The number of hydrogen-bond acceptors (Lipinski definition) is 3. The van der Waals surface area contributed by atoms with E-state index in [4.69, 9.17) is 0 Å². The summed E-state index contributed by atoms with van der Waals surface area (Å²) in [4.78, 5) is 6.59. The Morgan fingerprint density at radius 1 is 1.40 bits per heavy atom. The fourth-order valence-corrected chi connectivity index (χ4v) is 2.76. The van der Waals surface area contributed by atoms with E-state index in [1.54, 1.807) is 6.07 Å². The second kappa shape index (κ2) is 6.64. The van der Waals surface area contributed by atoms with Crippen molar-refractivity contribution in [2.45, 2.75) is 39.2 Å². The van der Waals surface area contributed by atoms with Crippen molar-refractivity contribution in [2.75, 3.05) is 26.7 Å². The quantitative estimate of drug-likeness (QED) is 0.898. The van der Waals surface area contributed by atoms with Crippen molar-refractivity contribution in [3.05, 3.63) is 29.8 Å². The van der Waals surface area contributed by atoms with Gasteiger partial charge in [0.15, 0.2) is 0 Å². The normalized spacial score (nSPS) is 20.8. The predicted molar refractivity (Wildman–Crippen MR) is 80.1 cm³/mol. The molecule has 20 heavy (non-hydrogen) atoms. The first-order chi connectivity index (χ1) is 9.52. The highest BCUT2D eigenvalue weighted by atomic mass is 19.1. The Morgan fingerprint density at radius 2 is 2.10 bits per heavy atom. The summed E-state index contributed by atoms with van der Waals surface area (Å²) in [6, 6.07) is 3.49. The van der Waals surface area contributed by atoms with Crippen LogP contribution in [0, 0.1) is 11.2 Å². The van der Waals surface area contributed by atoms with Crippen LogP contribution in [0.2, 0.25) is 0 Å². The average Bonchev–Trinajstić information content (AvgIpc) is 2.45. The van der Waals surface area contributed by atoms with Gasteiger partial charge in [0, 0.05) is 12.6 Å². The summed E-state index contributed by atoms with van der Waals surface area (Å²) in [6.45, 7) is 7.84. The van der Waals surface area contributed by atoms with Crippen molar-refractivity contribution in [3.63, 3.8) is 0 Å². The van der Waals surface area contributed by atoms with Crippen molar-refractivity contribution in [2.24, 2.45) is 5.41 Å². The largest absolute Gasteiger partial charge is 0.308 e. The molecule has 1 aromatic heterocycles. The van der Waals surface area contributed by atoms with E-state index in [1.165, 1.54) is 38.2 Å². The van der Waals surface area contributed by atoms with E-state index < -0.39 is 0 Å². The van der Waals surface area contributed by atoms with E-state index in [-0.39, 0.29) is 11.9 Å². The number of pyridine rings is 1. The van der Waals surface area contributed by atoms with Gasteiger partial charge < -0.3 is 10.2 Å². The van der Waals surface area contributed by atoms with Gasteiger partial charge in [0.1, 0.15) is 5.82 Å². The summed E-state index contributed by atoms with van der Waals surface area (Å²) in [6.07, 6.45) is 4.72. The Labute approximate surface area is 121 Å². The molecule has 0 bridgehead atoms. The summed E-state index contributed by atoms with van der Waals surface area (Å²) in [5, 5.41) is 3.63. The van der Waals surface area contributed by atoms with Gasteiger partial charge in [-0.2, -0.15) is 0 Å². The molecule has 1 N–H and O–H groups in total. The van der Waals surface area contributed by atoms with Crippen LogP contribution in [0.4, 0.5) is 4.39 Å². The predicted octanol–water partition coefficient (Wildman–Crippen LogP) is 2.99. The molecule has 0 radical (unpaired) electrons. The lowest BCUT2D eigenvalue weighted by Crippen LogP contribution is -2.42. The number of halogens is 1. The number of likely N-dealkylation sites (tertiary alicyclic amines) is 1. The zero-order valence-corrected chi connectivity index (χ0v) is 12.8. The summed E-state index contributed by atoms with van der Waals surface area (Å²) in [5.74, 6) is -0.272. The Hall–Kier alpha value is -1.00. The zero-order valence-electron chi connectivity index (χ0n) is 12.8. The van der Waals surface area contributed by atoms with Crippen LogP contribution in [0.15, 0.2) is 18.3 Å². The summed E-state index contributed by atoms with van der Waals surface area (Å²) in [7, 11) is 2.18. The molecule has 4 heteroatoms. The van der Waals surface area contributed by atoms with Gasteiger partial charge in [0.05, 0.1) is 11.9 Å². The van der Waals surface area contributed by atoms with Crippen LogP contribution in [-0.2, 0) is 0 Å². The monoisotopic (exact) mass is 279 g/mol. The molecular formula is C16H26FN3. The van der Waals surface area contributed by atoms with Crippen molar-refractivity contribution >= 4 is 0 Å². The fourth-order valence-electron chi connectivity index (χ4n) is 2.76. The average molecular weight is 279 g/mol. The Bertz CT molecular complexity index is 410. The number of nitrogens with zero attached hydrogens (tertiary/aromatic N) is 2. The number of aromatic nitrogens is 1. The van der Waals surface area contributed by atoms with Gasteiger partial charge in [-0.1, -0.05) is 13.8 Å². The maximum Gasteiger partial charge on any atom is 0.141 e. The molecule has 1 aromatic rings. The van der Waals surface area contributed by atoms with E-state index >= 15 is 0 Å². The van der Waals surface area contributed by atoms with Crippen LogP contribution in [-0.4, -0.2) is 36.6 Å². The minimum absolute atomic E-state index is 0.215. The maximum absolute atomic E-state index is 12.9. The first-order valence-corrected chi connectivity index (χ1v) is 7.56. The second-order valence-electron chi connectivity index (χ2n) is 6.36. The molecular weight excluding hydrogens is 253 g/mol. The van der Waals surface area contributed by atoms with Crippen LogP contribution < -0.4 is 5.32 Å². The molecule has 1 aliphatic heterocycles. The smallest absolute Gasteiger partial charge is 0.141 e. The molecule has 2 heterocycles. The van der Waals surface area contributed by atoms with Crippen LogP contribution >= 0.6 is 0 Å². The van der Waals surface area contributed by atoms with E-state index in [1.807, 2.05) is 0 Å². The molecule has 1 unspecified atom stereocenters. The molecule has 1 saturated heterocycles. The van der Waals surface area contributed by atoms with Crippen molar-refractivity contribution < 1.29 is 4.39 Å². The van der Waals surface area contributed by atoms with Crippen LogP contribution in [0.3, 0.4) is 0 Å². The Morgan fingerprint density at radius 3 is 2.65 bits per heavy atom. The molecule has 0 saturated carbocycles. The highest BCUT2D eigenvalue weighted by Crippen LogP contribution is 2.30. The van der Waals surface area contributed by atoms with E-state index in [2.05, 4.69) is 36.1 Å². The van der Waals surface area contributed by atoms with Crippen LogP contribution in [0.5, 0.6) is 0 Å². The van der Waals surface area contributed by atoms with E-state index in [0.29, 0.717) is 5.41 Å². The van der Waals surface area contributed by atoms with Gasteiger partial charge in [0.25, 0.3) is 0 Å². The minimum Gasteiger partial charge on any atom is -0.308 e. The first kappa shape index (κ1) is 15.4.